The molecule has 0 aromatic heterocycles. The Balaban J connectivity index is 1.58. The van der Waals surface area contributed by atoms with Gasteiger partial charge >= 0.3 is 7.75 Å². The van der Waals surface area contributed by atoms with Crippen molar-refractivity contribution < 1.29 is 23.5 Å². The summed E-state index contributed by atoms with van der Waals surface area (Å²) in [6.45, 7) is 1.67. The highest BCUT2D eigenvalue weighted by molar-refractivity contribution is 7.51. The molecular weight excluding hydrogens is 327 g/mol. The van der Waals surface area contributed by atoms with Crippen molar-refractivity contribution in [3.63, 3.8) is 0 Å². The van der Waals surface area contributed by atoms with E-state index in [0.717, 1.165) is 0 Å². The first kappa shape index (κ1) is 15.2. The van der Waals surface area contributed by atoms with Crippen LogP contribution in [-0.2, 0) is 18.3 Å². The van der Waals surface area contributed by atoms with Crippen molar-refractivity contribution in [1.29, 1.82) is 0 Å². The SMILES string of the molecule is CC1OP(N)(=O)O[C@H]2[C@@H](O)[C@H](N3C=NC4C(N)=NC=NC43)O[C@H]12. The Bertz CT molecular complexity index is 655. The van der Waals surface area contributed by atoms with E-state index in [0.29, 0.717) is 5.84 Å². The van der Waals surface area contributed by atoms with E-state index < -0.39 is 50.6 Å². The van der Waals surface area contributed by atoms with Crippen LogP contribution in [0.5, 0.6) is 0 Å². The average Bonchev–Trinajstić information content (AvgIpc) is 3.02. The van der Waals surface area contributed by atoms with Gasteiger partial charge in [0, 0.05) is 0 Å². The normalized spacial score (nSPS) is 51.5. The maximum Gasteiger partial charge on any atom is 0.403 e. The fourth-order valence-electron chi connectivity index (χ4n) is 3.21. The van der Waals surface area contributed by atoms with E-state index in [9.17, 15) is 9.67 Å². The molecule has 4 heterocycles. The van der Waals surface area contributed by atoms with Gasteiger partial charge in [-0.15, -0.1) is 0 Å². The maximum absolute atomic E-state index is 11.9. The van der Waals surface area contributed by atoms with Crippen molar-refractivity contribution >= 4 is 26.3 Å². The molecule has 0 amide bonds. The number of aliphatic hydroxyl groups is 1. The molecular formula is C11H17N6O5P. The molecule has 4 aliphatic heterocycles. The molecule has 23 heavy (non-hydrogen) atoms. The highest BCUT2D eigenvalue weighted by Gasteiger charge is 2.57. The summed E-state index contributed by atoms with van der Waals surface area (Å²) in [6.07, 6.45) is -1.52. The summed E-state index contributed by atoms with van der Waals surface area (Å²) >= 11 is 0. The lowest BCUT2D eigenvalue weighted by atomic mass is 10.1. The third kappa shape index (κ3) is 2.32. The average molecular weight is 344 g/mol. The molecule has 4 aliphatic rings. The molecule has 0 aromatic rings. The molecule has 0 spiro atoms. The lowest BCUT2D eigenvalue weighted by Crippen LogP contribution is -2.51. The maximum atomic E-state index is 11.9. The minimum absolute atomic E-state index is 0.341. The van der Waals surface area contributed by atoms with Gasteiger partial charge in [0.05, 0.1) is 12.4 Å². The summed E-state index contributed by atoms with van der Waals surface area (Å²) in [4.78, 5) is 14.0. The molecule has 0 saturated carbocycles. The van der Waals surface area contributed by atoms with Crippen LogP contribution < -0.4 is 11.2 Å². The van der Waals surface area contributed by atoms with Gasteiger partial charge in [-0.3, -0.25) is 14.0 Å². The smallest absolute Gasteiger partial charge is 0.386 e. The second-order valence-corrected chi connectivity index (χ2v) is 7.29. The highest BCUT2D eigenvalue weighted by Crippen LogP contribution is 2.51. The molecule has 4 rings (SSSR count). The third-order valence-corrected chi connectivity index (χ3v) is 5.43. The van der Waals surface area contributed by atoms with E-state index in [1.54, 1.807) is 11.8 Å². The van der Waals surface area contributed by atoms with Crippen molar-refractivity contribution in [1.82, 2.24) is 4.90 Å². The minimum Gasteiger partial charge on any atom is -0.386 e. The van der Waals surface area contributed by atoms with Crippen LogP contribution in [0.1, 0.15) is 6.92 Å². The van der Waals surface area contributed by atoms with Crippen LogP contribution in [0.3, 0.4) is 0 Å². The standard InChI is InChI=1S/C11H17N6O5P/c1-4-7-8(22-23(13,19)21-4)6(18)11(20-7)17-3-16-5-9(12)14-2-15-10(5)17/h2-8,10-11,18H,1H3,(H2,13,19)(H2,12,14,15)/t4?,5?,6-,7-,8+,10?,11-,23?/m1/s1. The number of aliphatic hydroxyl groups excluding tert-OH is 1. The van der Waals surface area contributed by atoms with Gasteiger partial charge in [0.1, 0.15) is 36.5 Å². The number of hydrogen-bond acceptors (Lipinski definition) is 10. The first-order valence-corrected chi connectivity index (χ1v) is 8.73. The van der Waals surface area contributed by atoms with Crippen molar-refractivity contribution in [3.05, 3.63) is 0 Å². The van der Waals surface area contributed by atoms with E-state index in [-0.39, 0.29) is 0 Å². The van der Waals surface area contributed by atoms with Gasteiger partial charge in [-0.1, -0.05) is 0 Å². The molecule has 4 unspecified atom stereocenters. The summed E-state index contributed by atoms with van der Waals surface area (Å²) in [5, 5.41) is 10.6. The van der Waals surface area contributed by atoms with E-state index in [4.69, 9.17) is 25.0 Å². The zero-order valence-corrected chi connectivity index (χ0v) is 13.1. The quantitative estimate of drug-likeness (QED) is 0.479. The first-order chi connectivity index (χ1) is 10.9. The van der Waals surface area contributed by atoms with Crippen molar-refractivity contribution in [2.45, 2.75) is 49.8 Å². The number of hydrogen-bond donors (Lipinski definition) is 3. The van der Waals surface area contributed by atoms with E-state index in [1.807, 2.05) is 0 Å². The molecule has 0 aromatic carbocycles. The van der Waals surface area contributed by atoms with Crippen LogP contribution in [0.4, 0.5) is 0 Å². The third-order valence-electron chi connectivity index (χ3n) is 4.27. The number of amidine groups is 1. The lowest BCUT2D eigenvalue weighted by Gasteiger charge is -2.33. The second kappa shape index (κ2) is 5.07. The van der Waals surface area contributed by atoms with Crippen LogP contribution in [0.2, 0.25) is 0 Å². The summed E-state index contributed by atoms with van der Waals surface area (Å²) in [6, 6.07) is -0.423. The molecule has 0 aliphatic carbocycles. The van der Waals surface area contributed by atoms with Gasteiger partial charge in [0.25, 0.3) is 0 Å². The summed E-state index contributed by atoms with van der Waals surface area (Å²) in [5.41, 5.74) is 11.3. The van der Waals surface area contributed by atoms with Crippen LogP contribution in [0.15, 0.2) is 15.0 Å². The molecule has 0 bridgehead atoms. The van der Waals surface area contributed by atoms with E-state index in [2.05, 4.69) is 15.0 Å². The van der Waals surface area contributed by atoms with Gasteiger partial charge < -0.3 is 20.5 Å². The fraction of sp³-hybridized carbons (Fsp3) is 0.727. The number of aliphatic imine (C=N–C) groups is 3. The molecule has 2 saturated heterocycles. The largest absolute Gasteiger partial charge is 0.403 e. The zero-order chi connectivity index (χ0) is 16.4. The Morgan fingerprint density at radius 1 is 1.35 bits per heavy atom. The van der Waals surface area contributed by atoms with Gasteiger partial charge in [-0.25, -0.2) is 20.1 Å². The van der Waals surface area contributed by atoms with E-state index in [1.165, 1.54) is 12.7 Å². The Morgan fingerprint density at radius 3 is 2.91 bits per heavy atom. The molecule has 12 heteroatoms. The van der Waals surface area contributed by atoms with Crippen LogP contribution in [0, 0.1) is 0 Å². The molecule has 2 fully saturated rings. The molecule has 0 radical (unpaired) electrons. The Morgan fingerprint density at radius 2 is 2.13 bits per heavy atom. The predicted octanol–water partition coefficient (Wildman–Crippen LogP) is -1.62. The van der Waals surface area contributed by atoms with Crippen LogP contribution >= 0.6 is 7.75 Å². The topological polar surface area (TPSA) is 157 Å². The van der Waals surface area contributed by atoms with Crippen LogP contribution in [-0.4, -0.2) is 71.4 Å². The van der Waals surface area contributed by atoms with Gasteiger partial charge in [-0.05, 0) is 6.92 Å². The number of fused-ring (bicyclic) bond motifs is 2. The highest BCUT2D eigenvalue weighted by atomic mass is 31.2. The van der Waals surface area contributed by atoms with Crippen LogP contribution in [0.25, 0.3) is 0 Å². The Hall–Kier alpha value is -1.36. The zero-order valence-electron chi connectivity index (χ0n) is 12.2. The number of ether oxygens (including phenoxy) is 1. The Kier molecular flexibility index (Phi) is 3.34. The fourth-order valence-corrected chi connectivity index (χ4v) is 4.43. The Labute approximate surface area is 131 Å². The number of nitrogens with two attached hydrogens (primary N) is 2. The van der Waals surface area contributed by atoms with Crippen molar-refractivity contribution in [2.24, 2.45) is 26.2 Å². The van der Waals surface area contributed by atoms with Crippen molar-refractivity contribution in [3.8, 4) is 0 Å². The monoisotopic (exact) mass is 344 g/mol. The van der Waals surface area contributed by atoms with E-state index >= 15 is 0 Å². The molecule has 5 N–H and O–H groups in total. The minimum atomic E-state index is -3.71. The molecule has 8 atom stereocenters. The molecule has 11 nitrogen and oxygen atoms in total. The van der Waals surface area contributed by atoms with Crippen molar-refractivity contribution in [2.75, 3.05) is 0 Å². The molecule has 126 valence electrons. The predicted molar refractivity (Wildman–Crippen MR) is 79.9 cm³/mol. The summed E-state index contributed by atoms with van der Waals surface area (Å²) in [7, 11) is -3.71. The number of nitrogens with zero attached hydrogens (tertiary/aromatic N) is 4. The van der Waals surface area contributed by atoms with Gasteiger partial charge in [0.15, 0.2) is 12.4 Å². The first-order valence-electron chi connectivity index (χ1n) is 7.12. The lowest BCUT2D eigenvalue weighted by molar-refractivity contribution is -0.102. The van der Waals surface area contributed by atoms with Gasteiger partial charge in [0.2, 0.25) is 0 Å². The van der Waals surface area contributed by atoms with Gasteiger partial charge in [-0.2, -0.15) is 0 Å². The number of rotatable bonds is 1. The summed E-state index contributed by atoms with van der Waals surface area (Å²) < 4.78 is 28.1. The second-order valence-electron chi connectivity index (χ2n) is 5.79. The summed E-state index contributed by atoms with van der Waals surface area (Å²) in [5.74, 6) is 0.341.